The van der Waals surface area contributed by atoms with Crippen LogP contribution in [0.5, 0.6) is 0 Å². The summed E-state index contributed by atoms with van der Waals surface area (Å²) in [5.74, 6) is 0.0120. The molecule has 1 aliphatic rings. The van der Waals surface area contributed by atoms with Gasteiger partial charge >= 0.3 is 0 Å². The number of amides is 2. The molecule has 138 valence electrons. The number of carbonyl (C=O) groups is 2. The van der Waals surface area contributed by atoms with Crippen molar-refractivity contribution in [3.05, 3.63) is 53.4 Å². The number of aromatic nitrogens is 1. The molecule has 3 aromatic rings. The lowest BCUT2D eigenvalue weighted by atomic mass is 10.1. The Labute approximate surface area is 157 Å². The first-order chi connectivity index (χ1) is 12.9. The highest BCUT2D eigenvalue weighted by molar-refractivity contribution is 6.04. The molecule has 0 bridgehead atoms. The van der Waals surface area contributed by atoms with Crippen LogP contribution in [0.25, 0.3) is 11.1 Å². The standard InChI is InChI=1S/C21H21N3O3/c1-12-6-13(2)8-16(7-12)23-21(26)15-9-20(25)24(11-15)17-4-5-19-18(10-17)22-14(3)27-19/h4-8,10,15H,9,11H2,1-3H3,(H,23,26)/t15-/m1/s1. The molecule has 2 amide bonds. The van der Waals surface area contributed by atoms with E-state index in [1.165, 1.54) is 0 Å². The third-order valence-electron chi connectivity index (χ3n) is 4.77. The van der Waals surface area contributed by atoms with Gasteiger partial charge in [-0.3, -0.25) is 9.59 Å². The summed E-state index contributed by atoms with van der Waals surface area (Å²) in [6.45, 7) is 6.13. The number of benzene rings is 2. The van der Waals surface area contributed by atoms with E-state index in [1.807, 2.05) is 38.1 Å². The molecule has 27 heavy (non-hydrogen) atoms. The number of hydrogen-bond acceptors (Lipinski definition) is 4. The Morgan fingerprint density at radius 2 is 1.89 bits per heavy atom. The summed E-state index contributed by atoms with van der Waals surface area (Å²) in [6.07, 6.45) is 0.201. The van der Waals surface area contributed by atoms with Crippen molar-refractivity contribution in [2.24, 2.45) is 5.92 Å². The molecule has 0 spiro atoms. The van der Waals surface area contributed by atoms with Gasteiger partial charge in [-0.25, -0.2) is 4.98 Å². The third kappa shape index (κ3) is 3.43. The monoisotopic (exact) mass is 363 g/mol. The average Bonchev–Trinajstić information content (AvgIpc) is 3.14. The van der Waals surface area contributed by atoms with Crippen molar-refractivity contribution in [2.75, 3.05) is 16.8 Å². The first-order valence-electron chi connectivity index (χ1n) is 8.96. The summed E-state index contributed by atoms with van der Waals surface area (Å²) in [5.41, 5.74) is 5.08. The van der Waals surface area contributed by atoms with Crippen LogP contribution < -0.4 is 10.2 Å². The van der Waals surface area contributed by atoms with E-state index in [1.54, 1.807) is 17.9 Å². The van der Waals surface area contributed by atoms with Gasteiger partial charge in [0.2, 0.25) is 11.8 Å². The first kappa shape index (κ1) is 17.3. The molecular weight excluding hydrogens is 342 g/mol. The molecule has 0 aliphatic carbocycles. The molecule has 4 rings (SSSR count). The first-order valence-corrected chi connectivity index (χ1v) is 8.96. The summed E-state index contributed by atoms with van der Waals surface area (Å²) in [7, 11) is 0. The number of carbonyl (C=O) groups excluding carboxylic acids is 2. The van der Waals surface area contributed by atoms with Gasteiger partial charge in [-0.15, -0.1) is 0 Å². The molecule has 0 unspecified atom stereocenters. The lowest BCUT2D eigenvalue weighted by Gasteiger charge is -2.16. The molecule has 0 radical (unpaired) electrons. The zero-order valence-electron chi connectivity index (χ0n) is 15.6. The van der Waals surface area contributed by atoms with E-state index < -0.39 is 0 Å². The molecular formula is C21H21N3O3. The summed E-state index contributed by atoms with van der Waals surface area (Å²) in [4.78, 5) is 31.1. The van der Waals surface area contributed by atoms with Crippen molar-refractivity contribution in [3.63, 3.8) is 0 Å². The van der Waals surface area contributed by atoms with Gasteiger partial charge in [-0.2, -0.15) is 0 Å². The quantitative estimate of drug-likeness (QED) is 0.769. The van der Waals surface area contributed by atoms with Gasteiger partial charge in [0, 0.05) is 31.3 Å². The number of rotatable bonds is 3. The highest BCUT2D eigenvalue weighted by Crippen LogP contribution is 2.29. The number of fused-ring (bicyclic) bond motifs is 1. The Balaban J connectivity index is 1.51. The minimum Gasteiger partial charge on any atom is -0.441 e. The molecule has 1 aromatic heterocycles. The Morgan fingerprint density at radius 3 is 2.63 bits per heavy atom. The van der Waals surface area contributed by atoms with Crippen LogP contribution in [0.1, 0.15) is 23.4 Å². The maximum absolute atomic E-state index is 12.7. The fourth-order valence-electron chi connectivity index (χ4n) is 3.62. The molecule has 1 fully saturated rings. The summed E-state index contributed by atoms with van der Waals surface area (Å²) in [5, 5.41) is 2.95. The topological polar surface area (TPSA) is 75.4 Å². The van der Waals surface area contributed by atoms with E-state index in [-0.39, 0.29) is 24.2 Å². The molecule has 6 nitrogen and oxygen atoms in total. The van der Waals surface area contributed by atoms with Crippen LogP contribution in [0.15, 0.2) is 40.8 Å². The van der Waals surface area contributed by atoms with E-state index in [0.29, 0.717) is 23.5 Å². The zero-order chi connectivity index (χ0) is 19.1. The van der Waals surface area contributed by atoms with Crippen LogP contribution in [0, 0.1) is 26.7 Å². The maximum Gasteiger partial charge on any atom is 0.229 e. The van der Waals surface area contributed by atoms with E-state index in [0.717, 1.165) is 22.5 Å². The Hall–Kier alpha value is -3.15. The molecule has 6 heteroatoms. The second-order valence-electron chi connectivity index (χ2n) is 7.16. The predicted molar refractivity (Wildman–Crippen MR) is 104 cm³/mol. The summed E-state index contributed by atoms with van der Waals surface area (Å²) >= 11 is 0. The second-order valence-corrected chi connectivity index (χ2v) is 7.16. The number of anilines is 2. The normalized spacial score (nSPS) is 16.9. The Kier molecular flexibility index (Phi) is 4.18. The number of hydrogen-bond donors (Lipinski definition) is 1. The number of nitrogens with one attached hydrogen (secondary N) is 1. The Morgan fingerprint density at radius 1 is 1.15 bits per heavy atom. The van der Waals surface area contributed by atoms with Crippen molar-refractivity contribution < 1.29 is 14.0 Å². The van der Waals surface area contributed by atoms with Crippen molar-refractivity contribution in [3.8, 4) is 0 Å². The van der Waals surface area contributed by atoms with Gasteiger partial charge in [0.05, 0.1) is 5.92 Å². The van der Waals surface area contributed by atoms with Crippen LogP contribution >= 0.6 is 0 Å². The van der Waals surface area contributed by atoms with Gasteiger partial charge in [-0.05, 0) is 55.3 Å². The molecule has 0 saturated carbocycles. The largest absolute Gasteiger partial charge is 0.441 e. The highest BCUT2D eigenvalue weighted by Gasteiger charge is 2.35. The van der Waals surface area contributed by atoms with Crippen LogP contribution in [0.3, 0.4) is 0 Å². The van der Waals surface area contributed by atoms with E-state index in [2.05, 4.69) is 16.4 Å². The second kappa shape index (κ2) is 6.54. The van der Waals surface area contributed by atoms with Crippen molar-refractivity contribution >= 4 is 34.3 Å². The van der Waals surface area contributed by atoms with Crippen LogP contribution in [0.4, 0.5) is 11.4 Å². The maximum atomic E-state index is 12.7. The SMILES string of the molecule is Cc1cc(C)cc(NC(=O)[C@@H]2CC(=O)N(c3ccc4oc(C)nc4c3)C2)c1. The smallest absolute Gasteiger partial charge is 0.229 e. The fourth-order valence-corrected chi connectivity index (χ4v) is 3.62. The average molecular weight is 363 g/mol. The zero-order valence-corrected chi connectivity index (χ0v) is 15.6. The van der Waals surface area contributed by atoms with Gasteiger partial charge in [0.1, 0.15) is 5.52 Å². The van der Waals surface area contributed by atoms with E-state index in [4.69, 9.17) is 4.42 Å². The minimum atomic E-state index is -0.381. The fraction of sp³-hybridized carbons (Fsp3) is 0.286. The number of oxazole rings is 1. The summed E-state index contributed by atoms with van der Waals surface area (Å²) in [6, 6.07) is 11.4. The third-order valence-corrected chi connectivity index (χ3v) is 4.77. The lowest BCUT2D eigenvalue weighted by molar-refractivity contribution is -0.122. The minimum absolute atomic E-state index is 0.0601. The lowest BCUT2D eigenvalue weighted by Crippen LogP contribution is -2.28. The number of aryl methyl sites for hydroxylation is 3. The molecule has 2 aromatic carbocycles. The molecule has 1 atom stereocenters. The Bertz CT molecular complexity index is 1030. The van der Waals surface area contributed by atoms with Crippen molar-refractivity contribution in [1.82, 2.24) is 4.98 Å². The molecule has 2 heterocycles. The van der Waals surface area contributed by atoms with E-state index >= 15 is 0 Å². The summed E-state index contributed by atoms with van der Waals surface area (Å²) < 4.78 is 5.48. The number of nitrogens with zero attached hydrogens (tertiary/aromatic N) is 2. The molecule has 1 N–H and O–H groups in total. The molecule has 1 aliphatic heterocycles. The molecule has 1 saturated heterocycles. The van der Waals surface area contributed by atoms with Crippen molar-refractivity contribution in [2.45, 2.75) is 27.2 Å². The van der Waals surface area contributed by atoms with Gasteiger partial charge < -0.3 is 14.6 Å². The van der Waals surface area contributed by atoms with Crippen LogP contribution in [0.2, 0.25) is 0 Å². The van der Waals surface area contributed by atoms with E-state index in [9.17, 15) is 9.59 Å². The van der Waals surface area contributed by atoms with Gasteiger partial charge in [0.15, 0.2) is 11.5 Å². The van der Waals surface area contributed by atoms with Crippen molar-refractivity contribution in [1.29, 1.82) is 0 Å². The van der Waals surface area contributed by atoms with Crippen LogP contribution in [-0.2, 0) is 9.59 Å². The van der Waals surface area contributed by atoms with Gasteiger partial charge in [-0.1, -0.05) is 6.07 Å². The van der Waals surface area contributed by atoms with Gasteiger partial charge in [0.25, 0.3) is 0 Å². The predicted octanol–water partition coefficient (Wildman–Crippen LogP) is 3.74. The van der Waals surface area contributed by atoms with Crippen LogP contribution in [-0.4, -0.2) is 23.3 Å². The highest BCUT2D eigenvalue weighted by atomic mass is 16.3.